The minimum atomic E-state index is -0.670. The zero-order chi connectivity index (χ0) is 22.5. The van der Waals surface area contributed by atoms with Gasteiger partial charge < -0.3 is 24.4 Å². The van der Waals surface area contributed by atoms with Crippen LogP contribution >= 0.6 is 0 Å². The molecule has 0 bridgehead atoms. The van der Waals surface area contributed by atoms with E-state index in [-0.39, 0.29) is 18.9 Å². The first kappa shape index (κ1) is 22.1. The average molecular weight is 426 g/mol. The van der Waals surface area contributed by atoms with Crippen LogP contribution in [0.2, 0.25) is 0 Å². The number of hydrogen-bond donors (Lipinski definition) is 1. The van der Waals surface area contributed by atoms with Gasteiger partial charge in [-0.3, -0.25) is 14.4 Å². The molecule has 0 radical (unpaired) electrons. The van der Waals surface area contributed by atoms with Crippen molar-refractivity contribution >= 4 is 29.2 Å². The number of nitrogens with zero attached hydrogens (tertiary/aromatic N) is 1. The van der Waals surface area contributed by atoms with Crippen molar-refractivity contribution in [1.82, 2.24) is 0 Å². The fourth-order valence-corrected chi connectivity index (χ4v) is 3.43. The molecule has 1 fully saturated rings. The Morgan fingerprint density at radius 2 is 1.90 bits per heavy atom. The molecule has 31 heavy (non-hydrogen) atoms. The average Bonchev–Trinajstić information content (AvgIpc) is 3.16. The van der Waals surface area contributed by atoms with Crippen molar-refractivity contribution in [3.63, 3.8) is 0 Å². The Morgan fingerprint density at radius 3 is 2.61 bits per heavy atom. The van der Waals surface area contributed by atoms with E-state index in [9.17, 15) is 14.4 Å². The van der Waals surface area contributed by atoms with Gasteiger partial charge in [0.15, 0.2) is 6.61 Å². The van der Waals surface area contributed by atoms with Gasteiger partial charge >= 0.3 is 5.97 Å². The van der Waals surface area contributed by atoms with Crippen LogP contribution < -0.4 is 19.7 Å². The monoisotopic (exact) mass is 426 g/mol. The number of ether oxygens (including phenoxy) is 3. The number of hydrogen-bond acceptors (Lipinski definition) is 6. The Labute approximate surface area is 181 Å². The van der Waals surface area contributed by atoms with E-state index < -0.39 is 24.4 Å². The highest BCUT2D eigenvalue weighted by Crippen LogP contribution is 2.36. The highest BCUT2D eigenvalue weighted by Gasteiger charge is 2.37. The van der Waals surface area contributed by atoms with Crippen LogP contribution in [0.15, 0.2) is 36.4 Å². The van der Waals surface area contributed by atoms with Crippen LogP contribution in [0.3, 0.4) is 0 Å². The molecule has 8 heteroatoms. The number of methoxy groups -OCH3 is 2. The second-order valence-corrected chi connectivity index (χ2v) is 7.35. The Kier molecular flexibility index (Phi) is 6.79. The quantitative estimate of drug-likeness (QED) is 0.685. The Morgan fingerprint density at radius 1 is 1.13 bits per heavy atom. The highest BCUT2D eigenvalue weighted by atomic mass is 16.5. The van der Waals surface area contributed by atoms with Crippen molar-refractivity contribution in [3.8, 4) is 11.5 Å². The summed E-state index contributed by atoms with van der Waals surface area (Å²) >= 11 is 0. The van der Waals surface area contributed by atoms with E-state index in [0.29, 0.717) is 22.9 Å². The third kappa shape index (κ3) is 4.96. The van der Waals surface area contributed by atoms with Crippen molar-refractivity contribution in [2.45, 2.75) is 20.3 Å². The van der Waals surface area contributed by atoms with Gasteiger partial charge in [0.1, 0.15) is 11.5 Å². The molecular formula is C23H26N2O6. The van der Waals surface area contributed by atoms with Crippen molar-refractivity contribution in [2.75, 3.05) is 37.6 Å². The summed E-state index contributed by atoms with van der Waals surface area (Å²) in [6, 6.07) is 10.7. The van der Waals surface area contributed by atoms with Crippen LogP contribution in [0.4, 0.5) is 11.4 Å². The lowest BCUT2D eigenvalue weighted by atomic mass is 10.1. The largest absolute Gasteiger partial charge is 0.497 e. The summed E-state index contributed by atoms with van der Waals surface area (Å²) in [5.41, 5.74) is 3.20. The third-order valence-electron chi connectivity index (χ3n) is 5.36. The van der Waals surface area contributed by atoms with E-state index in [1.807, 2.05) is 26.0 Å². The molecule has 2 aromatic rings. The predicted octanol–water partition coefficient (Wildman–Crippen LogP) is 2.86. The Hall–Kier alpha value is -3.55. The summed E-state index contributed by atoms with van der Waals surface area (Å²) in [7, 11) is 3.03. The normalized spacial score (nSPS) is 15.5. The van der Waals surface area contributed by atoms with Gasteiger partial charge in [0.25, 0.3) is 5.91 Å². The number of carbonyl (C=O) groups excluding carboxylic acids is 3. The second-order valence-electron chi connectivity index (χ2n) is 7.35. The highest BCUT2D eigenvalue weighted by molar-refractivity contribution is 6.01. The number of aryl methyl sites for hydroxylation is 1. The fraction of sp³-hybridized carbons (Fsp3) is 0.348. The Balaban J connectivity index is 1.60. The summed E-state index contributed by atoms with van der Waals surface area (Å²) in [6.45, 7) is 3.58. The van der Waals surface area contributed by atoms with E-state index >= 15 is 0 Å². The fourth-order valence-electron chi connectivity index (χ4n) is 3.43. The molecule has 1 aliphatic rings. The Bertz CT molecular complexity index is 1000. The lowest BCUT2D eigenvalue weighted by Gasteiger charge is -2.20. The van der Waals surface area contributed by atoms with Gasteiger partial charge in [-0.1, -0.05) is 12.1 Å². The summed E-state index contributed by atoms with van der Waals surface area (Å²) in [5.74, 6) is -0.856. The zero-order valence-electron chi connectivity index (χ0n) is 18.1. The van der Waals surface area contributed by atoms with Gasteiger partial charge in [0, 0.05) is 24.7 Å². The number of amides is 2. The maximum Gasteiger partial charge on any atom is 0.311 e. The van der Waals surface area contributed by atoms with Crippen LogP contribution in [0.25, 0.3) is 0 Å². The molecule has 1 atom stereocenters. The zero-order valence-corrected chi connectivity index (χ0v) is 18.1. The molecule has 0 spiro atoms. The molecule has 2 aromatic carbocycles. The SMILES string of the molecule is COc1ccc(OC)c(N2C[C@@H](C(=O)OCC(=O)Nc3cccc(C)c3C)CC2=O)c1. The van der Waals surface area contributed by atoms with E-state index in [1.54, 1.807) is 24.3 Å². The molecule has 0 aromatic heterocycles. The van der Waals surface area contributed by atoms with Crippen LogP contribution in [-0.4, -0.2) is 45.2 Å². The molecule has 0 saturated carbocycles. The van der Waals surface area contributed by atoms with Gasteiger partial charge in [-0.25, -0.2) is 0 Å². The molecule has 0 aliphatic carbocycles. The van der Waals surface area contributed by atoms with Crippen LogP contribution in [-0.2, 0) is 19.1 Å². The first-order valence-electron chi connectivity index (χ1n) is 9.89. The summed E-state index contributed by atoms with van der Waals surface area (Å²) < 4.78 is 15.7. The smallest absolute Gasteiger partial charge is 0.311 e. The number of rotatable bonds is 7. The minimum absolute atomic E-state index is 0.00218. The summed E-state index contributed by atoms with van der Waals surface area (Å²) in [5, 5.41) is 2.74. The molecule has 8 nitrogen and oxygen atoms in total. The third-order valence-corrected chi connectivity index (χ3v) is 5.36. The van der Waals surface area contributed by atoms with Crippen molar-refractivity contribution in [3.05, 3.63) is 47.5 Å². The standard InChI is InChI=1S/C23H26N2O6/c1-14-6-5-7-18(15(14)2)24-21(26)13-31-23(28)16-10-22(27)25(12-16)19-11-17(29-3)8-9-20(19)30-4/h5-9,11,16H,10,12-13H2,1-4H3,(H,24,26)/t16-/m0/s1. The van der Waals surface area contributed by atoms with Crippen LogP contribution in [0.1, 0.15) is 17.5 Å². The first-order valence-corrected chi connectivity index (χ1v) is 9.89. The molecule has 2 amide bonds. The van der Waals surface area contributed by atoms with Gasteiger partial charge in [-0.2, -0.15) is 0 Å². The number of anilines is 2. The van der Waals surface area contributed by atoms with Gasteiger partial charge in [0.2, 0.25) is 5.91 Å². The van der Waals surface area contributed by atoms with Crippen molar-refractivity contribution in [1.29, 1.82) is 0 Å². The number of benzene rings is 2. The van der Waals surface area contributed by atoms with E-state index in [0.717, 1.165) is 11.1 Å². The minimum Gasteiger partial charge on any atom is -0.497 e. The lowest BCUT2D eigenvalue weighted by Crippen LogP contribution is -2.28. The molecular weight excluding hydrogens is 400 g/mol. The second kappa shape index (κ2) is 9.51. The van der Waals surface area contributed by atoms with Crippen LogP contribution in [0, 0.1) is 19.8 Å². The van der Waals surface area contributed by atoms with Gasteiger partial charge in [-0.05, 0) is 43.2 Å². The molecule has 3 rings (SSSR count). The maximum absolute atomic E-state index is 12.5. The van der Waals surface area contributed by atoms with Crippen molar-refractivity contribution < 1.29 is 28.6 Å². The molecule has 0 unspecified atom stereocenters. The van der Waals surface area contributed by atoms with E-state index in [1.165, 1.54) is 19.1 Å². The maximum atomic E-state index is 12.5. The van der Waals surface area contributed by atoms with Gasteiger partial charge in [0.05, 0.1) is 25.8 Å². The molecule has 1 saturated heterocycles. The molecule has 1 aliphatic heterocycles. The lowest BCUT2D eigenvalue weighted by molar-refractivity contribution is -0.151. The number of nitrogens with one attached hydrogen (secondary N) is 1. The van der Waals surface area contributed by atoms with Gasteiger partial charge in [-0.15, -0.1) is 0 Å². The predicted molar refractivity (Wildman–Crippen MR) is 116 cm³/mol. The summed E-state index contributed by atoms with van der Waals surface area (Å²) in [4.78, 5) is 38.7. The van der Waals surface area contributed by atoms with Crippen molar-refractivity contribution in [2.24, 2.45) is 5.92 Å². The van der Waals surface area contributed by atoms with E-state index in [4.69, 9.17) is 14.2 Å². The number of carbonyl (C=O) groups is 3. The first-order chi connectivity index (χ1) is 14.8. The molecule has 1 N–H and O–H groups in total. The van der Waals surface area contributed by atoms with Crippen LogP contribution in [0.5, 0.6) is 11.5 Å². The summed E-state index contributed by atoms with van der Waals surface area (Å²) in [6.07, 6.45) is -0.00218. The molecule has 1 heterocycles. The number of esters is 1. The molecule has 164 valence electrons. The van der Waals surface area contributed by atoms with E-state index in [2.05, 4.69) is 5.32 Å². The topological polar surface area (TPSA) is 94.2 Å².